The molecule has 2 fully saturated rings. The van der Waals surface area contributed by atoms with Crippen molar-refractivity contribution in [3.63, 3.8) is 0 Å². The summed E-state index contributed by atoms with van der Waals surface area (Å²) in [5.74, 6) is 0.717. The average Bonchev–Trinajstić information content (AvgIpc) is 3.60. The molecule has 9 heteroatoms. The highest BCUT2D eigenvalue weighted by atomic mass is 32.1. The summed E-state index contributed by atoms with van der Waals surface area (Å²) >= 11 is 2.67. The standard InChI is InChI=1S/C25H26FN3O3S2/c26-22-3-1-17(2-4-22)18-5-8-27(9-6-18)12-21-13-28(14-23(21)19-7-10-33-15-19)25(30)20-11-24(29(31)32)34-16-20/h1-4,7,10-11,15-16,18,21,23H,5-6,8-9,12-14H2. The number of thiophene rings is 2. The molecule has 1 amide bonds. The minimum atomic E-state index is -0.446. The molecule has 2 aromatic heterocycles. The van der Waals surface area contributed by atoms with Crippen molar-refractivity contribution in [1.29, 1.82) is 0 Å². The average molecular weight is 500 g/mol. The first-order chi connectivity index (χ1) is 16.5. The van der Waals surface area contributed by atoms with Gasteiger partial charge in [0.15, 0.2) is 0 Å². The normalized spacial score (nSPS) is 21.7. The van der Waals surface area contributed by atoms with Crippen LogP contribution in [0.1, 0.15) is 46.2 Å². The SMILES string of the molecule is O=C(c1csc([N+](=O)[O-])c1)N1CC(CN2CCC(c3ccc(F)cc3)CC2)C(c2ccsc2)C1. The van der Waals surface area contributed by atoms with E-state index in [1.54, 1.807) is 28.8 Å². The van der Waals surface area contributed by atoms with Crippen LogP contribution in [0.4, 0.5) is 9.39 Å². The number of nitro groups is 1. The molecule has 2 unspecified atom stereocenters. The molecule has 0 saturated carbocycles. The largest absolute Gasteiger partial charge is 0.338 e. The second kappa shape index (κ2) is 9.93. The van der Waals surface area contributed by atoms with Crippen molar-refractivity contribution >= 4 is 33.6 Å². The molecule has 2 atom stereocenters. The topological polar surface area (TPSA) is 66.7 Å². The Labute approximate surface area is 205 Å². The van der Waals surface area contributed by atoms with Crippen LogP contribution in [0.15, 0.2) is 52.5 Å². The highest BCUT2D eigenvalue weighted by Crippen LogP contribution is 2.37. The number of piperidine rings is 1. The molecule has 0 N–H and O–H groups in total. The van der Waals surface area contributed by atoms with Crippen LogP contribution >= 0.6 is 22.7 Å². The van der Waals surface area contributed by atoms with Crippen molar-refractivity contribution < 1.29 is 14.1 Å². The van der Waals surface area contributed by atoms with Crippen LogP contribution in [-0.4, -0.2) is 53.4 Å². The fourth-order valence-corrected chi connectivity index (χ4v) is 6.74. The molecule has 2 aliphatic rings. The van der Waals surface area contributed by atoms with Crippen molar-refractivity contribution in [3.05, 3.63) is 85.2 Å². The molecule has 2 saturated heterocycles. The molecule has 3 aromatic rings. The van der Waals surface area contributed by atoms with E-state index in [1.807, 2.05) is 17.0 Å². The molecule has 6 nitrogen and oxygen atoms in total. The van der Waals surface area contributed by atoms with E-state index in [-0.39, 0.29) is 22.6 Å². The number of carbonyl (C=O) groups is 1. The van der Waals surface area contributed by atoms with E-state index in [1.165, 1.54) is 17.2 Å². The van der Waals surface area contributed by atoms with Crippen molar-refractivity contribution in [2.45, 2.75) is 24.7 Å². The molecule has 0 bridgehead atoms. The minimum absolute atomic E-state index is 0.00231. The number of amides is 1. The zero-order valence-electron chi connectivity index (χ0n) is 18.6. The minimum Gasteiger partial charge on any atom is -0.338 e. The Balaban J connectivity index is 1.25. The zero-order chi connectivity index (χ0) is 23.7. The lowest BCUT2D eigenvalue weighted by Crippen LogP contribution is -2.38. The van der Waals surface area contributed by atoms with Gasteiger partial charge >= 0.3 is 5.00 Å². The maximum atomic E-state index is 13.3. The molecule has 5 rings (SSSR count). The van der Waals surface area contributed by atoms with Crippen LogP contribution in [0.2, 0.25) is 0 Å². The van der Waals surface area contributed by atoms with E-state index in [0.29, 0.717) is 30.5 Å². The highest BCUT2D eigenvalue weighted by molar-refractivity contribution is 7.13. The molecule has 1 aromatic carbocycles. The Morgan fingerprint density at radius 1 is 1.09 bits per heavy atom. The van der Waals surface area contributed by atoms with Crippen LogP contribution in [0.5, 0.6) is 0 Å². The highest BCUT2D eigenvalue weighted by Gasteiger charge is 2.38. The van der Waals surface area contributed by atoms with E-state index in [9.17, 15) is 19.3 Å². The smallest absolute Gasteiger partial charge is 0.324 e. The van der Waals surface area contributed by atoms with Gasteiger partial charge in [0.05, 0.1) is 10.5 Å². The number of rotatable bonds is 6. The molecule has 178 valence electrons. The first-order valence-corrected chi connectivity index (χ1v) is 13.3. The fourth-order valence-electron chi connectivity index (χ4n) is 5.32. The van der Waals surface area contributed by atoms with Crippen molar-refractivity contribution in [2.75, 3.05) is 32.7 Å². The first-order valence-electron chi connectivity index (χ1n) is 11.5. The van der Waals surface area contributed by atoms with Gasteiger partial charge in [-0.3, -0.25) is 14.9 Å². The van der Waals surface area contributed by atoms with E-state index in [0.717, 1.165) is 43.8 Å². The van der Waals surface area contributed by atoms with Crippen molar-refractivity contribution in [2.24, 2.45) is 5.92 Å². The molecule has 2 aliphatic heterocycles. The quantitative estimate of drug-likeness (QED) is 0.327. The number of nitrogens with zero attached hydrogens (tertiary/aromatic N) is 3. The number of halogens is 1. The Hall–Kier alpha value is -2.62. The summed E-state index contributed by atoms with van der Waals surface area (Å²) in [6.07, 6.45) is 2.09. The monoisotopic (exact) mass is 499 g/mol. The Morgan fingerprint density at radius 3 is 2.50 bits per heavy atom. The third-order valence-corrected chi connectivity index (χ3v) is 8.72. The van der Waals surface area contributed by atoms with E-state index in [2.05, 4.69) is 21.7 Å². The summed E-state index contributed by atoms with van der Waals surface area (Å²) in [7, 11) is 0. The predicted octanol–water partition coefficient (Wildman–Crippen LogP) is 5.59. The predicted molar refractivity (Wildman–Crippen MR) is 132 cm³/mol. The number of likely N-dealkylation sites (tertiary alicyclic amines) is 2. The lowest BCUT2D eigenvalue weighted by Gasteiger charge is -2.34. The second-order valence-electron chi connectivity index (χ2n) is 9.19. The first kappa shape index (κ1) is 23.1. The van der Waals surface area contributed by atoms with Crippen LogP contribution < -0.4 is 0 Å². The van der Waals surface area contributed by atoms with Gasteiger partial charge in [-0.1, -0.05) is 23.5 Å². The van der Waals surface area contributed by atoms with Gasteiger partial charge in [0.1, 0.15) is 5.82 Å². The van der Waals surface area contributed by atoms with Crippen molar-refractivity contribution in [3.8, 4) is 0 Å². The maximum Gasteiger partial charge on any atom is 0.324 e. The van der Waals surface area contributed by atoms with Crippen LogP contribution in [0.25, 0.3) is 0 Å². The number of carbonyl (C=O) groups excluding carboxylic acids is 1. The molecule has 0 aliphatic carbocycles. The summed E-state index contributed by atoms with van der Waals surface area (Å²) in [5, 5.41) is 16.9. The second-order valence-corrected chi connectivity index (χ2v) is 10.9. The van der Waals surface area contributed by atoms with E-state index < -0.39 is 4.92 Å². The van der Waals surface area contributed by atoms with Gasteiger partial charge in [0.2, 0.25) is 0 Å². The lowest BCUT2D eigenvalue weighted by atomic mass is 9.87. The van der Waals surface area contributed by atoms with Crippen LogP contribution in [0.3, 0.4) is 0 Å². The van der Waals surface area contributed by atoms with E-state index >= 15 is 0 Å². The number of benzene rings is 1. The molecular formula is C25H26FN3O3S2. The molecule has 0 spiro atoms. The molecular weight excluding hydrogens is 473 g/mol. The summed E-state index contributed by atoms with van der Waals surface area (Å²) in [6.45, 7) is 4.18. The van der Waals surface area contributed by atoms with Crippen LogP contribution in [-0.2, 0) is 0 Å². The summed E-state index contributed by atoms with van der Waals surface area (Å²) in [6, 6.07) is 10.4. The third kappa shape index (κ3) is 4.92. The molecule has 34 heavy (non-hydrogen) atoms. The van der Waals surface area contributed by atoms with Gasteiger partial charge < -0.3 is 9.80 Å². The zero-order valence-corrected chi connectivity index (χ0v) is 20.3. The van der Waals surface area contributed by atoms with Gasteiger partial charge in [0.25, 0.3) is 5.91 Å². The Bertz CT molecular complexity index is 1140. The Kier molecular flexibility index (Phi) is 6.76. The van der Waals surface area contributed by atoms with Crippen LogP contribution in [0, 0.1) is 21.8 Å². The number of hydrogen-bond acceptors (Lipinski definition) is 6. The fraction of sp³-hybridized carbons (Fsp3) is 0.400. The van der Waals surface area contributed by atoms with Gasteiger partial charge in [-0.25, -0.2) is 4.39 Å². The summed E-state index contributed by atoms with van der Waals surface area (Å²) in [4.78, 5) is 28.1. The third-order valence-electron chi connectivity index (χ3n) is 7.13. The van der Waals surface area contributed by atoms with Crippen molar-refractivity contribution in [1.82, 2.24) is 9.80 Å². The summed E-state index contributed by atoms with van der Waals surface area (Å²) in [5.41, 5.74) is 2.88. The van der Waals surface area contributed by atoms with Gasteiger partial charge in [-0.05, 0) is 77.9 Å². The van der Waals surface area contributed by atoms with Gasteiger partial charge in [0, 0.05) is 37.0 Å². The lowest BCUT2D eigenvalue weighted by molar-refractivity contribution is -0.380. The number of hydrogen-bond donors (Lipinski definition) is 0. The molecule has 4 heterocycles. The van der Waals surface area contributed by atoms with E-state index in [4.69, 9.17) is 0 Å². The summed E-state index contributed by atoms with van der Waals surface area (Å²) < 4.78 is 13.3. The maximum absolute atomic E-state index is 13.3. The van der Waals surface area contributed by atoms with Gasteiger partial charge in [-0.15, -0.1) is 0 Å². The molecule has 0 radical (unpaired) electrons. The van der Waals surface area contributed by atoms with Gasteiger partial charge in [-0.2, -0.15) is 11.3 Å². The Morgan fingerprint density at radius 2 is 1.85 bits per heavy atom.